The standard InChI is InChI=1S/C19H22FN3O3/c1-23-11-14(10-21-23)19(13-8-16(24)9-13)22-18(26)7-6-17(25)12-2-4-15(20)5-3-12/h2-5,10-11,13,16,19,24H,6-9H2,1H3,(H,22,26)/t13?,16?,19-/m0/s1. The lowest BCUT2D eigenvalue weighted by molar-refractivity contribution is -0.123. The normalized spacial score (nSPS) is 20.3. The third-order valence-corrected chi connectivity index (χ3v) is 4.77. The minimum absolute atomic E-state index is 0.0578. The summed E-state index contributed by atoms with van der Waals surface area (Å²) in [6.45, 7) is 0. The highest BCUT2D eigenvalue weighted by Crippen LogP contribution is 2.38. The Morgan fingerprint density at radius 3 is 2.58 bits per heavy atom. The number of aromatic nitrogens is 2. The maximum absolute atomic E-state index is 12.9. The monoisotopic (exact) mass is 359 g/mol. The second-order valence-electron chi connectivity index (χ2n) is 6.81. The van der Waals surface area contributed by atoms with Gasteiger partial charge < -0.3 is 10.4 Å². The van der Waals surface area contributed by atoms with E-state index in [-0.39, 0.29) is 42.6 Å². The van der Waals surface area contributed by atoms with Crippen molar-refractivity contribution >= 4 is 11.7 Å². The van der Waals surface area contributed by atoms with Crippen LogP contribution in [-0.4, -0.2) is 32.7 Å². The lowest BCUT2D eigenvalue weighted by Crippen LogP contribution is -2.41. The van der Waals surface area contributed by atoms with Gasteiger partial charge in [-0.25, -0.2) is 4.39 Å². The lowest BCUT2D eigenvalue weighted by atomic mass is 9.75. The molecule has 0 spiro atoms. The van der Waals surface area contributed by atoms with Crippen molar-refractivity contribution in [1.29, 1.82) is 0 Å². The third kappa shape index (κ3) is 4.35. The maximum atomic E-state index is 12.9. The first-order valence-corrected chi connectivity index (χ1v) is 8.67. The van der Waals surface area contributed by atoms with Crippen LogP contribution in [0.15, 0.2) is 36.7 Å². The highest BCUT2D eigenvalue weighted by molar-refractivity contribution is 5.97. The summed E-state index contributed by atoms with van der Waals surface area (Å²) < 4.78 is 14.6. The number of aliphatic hydroxyl groups excluding tert-OH is 1. The Labute approximate surface area is 151 Å². The number of benzene rings is 1. The zero-order chi connectivity index (χ0) is 18.7. The van der Waals surface area contributed by atoms with Gasteiger partial charge in [0.05, 0.1) is 18.3 Å². The fraction of sp³-hybridized carbons (Fsp3) is 0.421. The number of amides is 1. The van der Waals surface area contributed by atoms with Gasteiger partial charge in [-0.1, -0.05) is 0 Å². The number of carbonyl (C=O) groups excluding carboxylic acids is 2. The van der Waals surface area contributed by atoms with Crippen LogP contribution >= 0.6 is 0 Å². The molecule has 0 aliphatic heterocycles. The van der Waals surface area contributed by atoms with Crippen molar-refractivity contribution in [3.8, 4) is 0 Å². The average Bonchev–Trinajstić information content (AvgIpc) is 3.02. The summed E-state index contributed by atoms with van der Waals surface area (Å²) in [5, 5.41) is 16.7. The molecule has 1 heterocycles. The lowest BCUT2D eigenvalue weighted by Gasteiger charge is -2.37. The Bertz CT molecular complexity index is 782. The van der Waals surface area contributed by atoms with Gasteiger partial charge in [-0.05, 0) is 43.0 Å². The largest absolute Gasteiger partial charge is 0.393 e. The van der Waals surface area contributed by atoms with Gasteiger partial charge in [0.15, 0.2) is 5.78 Å². The SMILES string of the molecule is Cn1cc([C@@H](NC(=O)CCC(=O)c2ccc(F)cc2)C2CC(O)C2)cn1. The molecule has 0 saturated heterocycles. The highest BCUT2D eigenvalue weighted by Gasteiger charge is 2.36. The van der Waals surface area contributed by atoms with Gasteiger partial charge in [-0.2, -0.15) is 5.10 Å². The minimum atomic E-state index is -0.402. The summed E-state index contributed by atoms with van der Waals surface area (Å²) in [6, 6.07) is 5.08. The molecule has 6 nitrogen and oxygen atoms in total. The van der Waals surface area contributed by atoms with Crippen molar-refractivity contribution in [2.45, 2.75) is 37.8 Å². The molecule has 1 aliphatic carbocycles. The van der Waals surface area contributed by atoms with E-state index >= 15 is 0 Å². The maximum Gasteiger partial charge on any atom is 0.220 e. The summed E-state index contributed by atoms with van der Waals surface area (Å²) >= 11 is 0. The first-order chi connectivity index (χ1) is 12.4. The fourth-order valence-corrected chi connectivity index (χ4v) is 3.23. The first kappa shape index (κ1) is 18.3. The van der Waals surface area contributed by atoms with E-state index in [1.165, 1.54) is 24.3 Å². The highest BCUT2D eigenvalue weighted by atomic mass is 19.1. The number of hydrogen-bond acceptors (Lipinski definition) is 4. The molecule has 1 saturated carbocycles. The molecule has 3 rings (SSSR count). The number of aryl methyl sites for hydroxylation is 1. The number of rotatable bonds is 7. The van der Waals surface area contributed by atoms with Gasteiger partial charge in [-0.15, -0.1) is 0 Å². The second-order valence-corrected chi connectivity index (χ2v) is 6.81. The number of nitrogens with zero attached hydrogens (tertiary/aromatic N) is 2. The van der Waals surface area contributed by atoms with Crippen molar-refractivity contribution in [3.05, 3.63) is 53.6 Å². The predicted molar refractivity (Wildman–Crippen MR) is 92.8 cm³/mol. The molecular formula is C19H22FN3O3. The van der Waals surface area contributed by atoms with Gasteiger partial charge in [0.1, 0.15) is 5.82 Å². The zero-order valence-corrected chi connectivity index (χ0v) is 14.6. The van der Waals surface area contributed by atoms with E-state index in [0.717, 1.165) is 5.56 Å². The molecule has 1 atom stereocenters. The summed E-state index contributed by atoms with van der Waals surface area (Å²) in [5.74, 6) is -0.667. The second kappa shape index (κ2) is 7.78. The van der Waals surface area contributed by atoms with E-state index in [1.54, 1.807) is 17.9 Å². The van der Waals surface area contributed by atoms with Crippen LogP contribution in [-0.2, 0) is 11.8 Å². The topological polar surface area (TPSA) is 84.2 Å². The molecule has 0 radical (unpaired) electrons. The molecule has 26 heavy (non-hydrogen) atoms. The molecule has 1 fully saturated rings. The Morgan fingerprint density at radius 1 is 1.31 bits per heavy atom. The van der Waals surface area contributed by atoms with E-state index in [1.807, 2.05) is 6.20 Å². The van der Waals surface area contributed by atoms with Gasteiger partial charge in [0.2, 0.25) is 5.91 Å². The van der Waals surface area contributed by atoms with Crippen molar-refractivity contribution < 1.29 is 19.1 Å². The van der Waals surface area contributed by atoms with Crippen LogP contribution in [0.25, 0.3) is 0 Å². The van der Waals surface area contributed by atoms with E-state index in [0.29, 0.717) is 18.4 Å². The van der Waals surface area contributed by atoms with Gasteiger partial charge >= 0.3 is 0 Å². The molecule has 7 heteroatoms. The zero-order valence-electron chi connectivity index (χ0n) is 14.6. The number of ketones is 1. The number of Topliss-reactive ketones (excluding diaryl/α,β-unsaturated/α-hetero) is 1. The smallest absolute Gasteiger partial charge is 0.220 e. The van der Waals surface area contributed by atoms with Crippen LogP contribution in [0, 0.1) is 11.7 Å². The first-order valence-electron chi connectivity index (χ1n) is 8.67. The fourth-order valence-electron chi connectivity index (χ4n) is 3.23. The van der Waals surface area contributed by atoms with Crippen LogP contribution < -0.4 is 5.32 Å². The Hall–Kier alpha value is -2.54. The number of nitrogens with one attached hydrogen (secondary N) is 1. The summed E-state index contributed by atoms with van der Waals surface area (Å²) in [4.78, 5) is 24.5. The summed E-state index contributed by atoms with van der Waals surface area (Å²) in [6.07, 6.45) is 4.62. The number of halogens is 1. The van der Waals surface area contributed by atoms with Crippen molar-refractivity contribution in [3.63, 3.8) is 0 Å². The molecule has 0 unspecified atom stereocenters. The quantitative estimate of drug-likeness (QED) is 0.742. The number of hydrogen-bond donors (Lipinski definition) is 2. The van der Waals surface area contributed by atoms with Crippen LogP contribution in [0.5, 0.6) is 0 Å². The van der Waals surface area contributed by atoms with Gasteiger partial charge in [-0.3, -0.25) is 14.3 Å². The number of aliphatic hydroxyl groups is 1. The number of carbonyl (C=O) groups is 2. The Kier molecular flexibility index (Phi) is 5.46. The van der Waals surface area contributed by atoms with Crippen LogP contribution in [0.1, 0.15) is 47.6 Å². The minimum Gasteiger partial charge on any atom is -0.393 e. The third-order valence-electron chi connectivity index (χ3n) is 4.77. The molecule has 2 aromatic rings. The molecule has 2 N–H and O–H groups in total. The van der Waals surface area contributed by atoms with Crippen LogP contribution in [0.3, 0.4) is 0 Å². The molecule has 0 bridgehead atoms. The van der Waals surface area contributed by atoms with Gasteiger partial charge in [0.25, 0.3) is 0 Å². The molecule has 1 amide bonds. The van der Waals surface area contributed by atoms with E-state index in [4.69, 9.17) is 0 Å². The summed E-state index contributed by atoms with van der Waals surface area (Å²) in [5.41, 5.74) is 1.28. The van der Waals surface area contributed by atoms with E-state index in [9.17, 15) is 19.1 Å². The predicted octanol–water partition coefficient (Wildman–Crippen LogP) is 2.15. The Morgan fingerprint density at radius 2 is 2.00 bits per heavy atom. The van der Waals surface area contributed by atoms with Crippen LogP contribution in [0.2, 0.25) is 0 Å². The molecular weight excluding hydrogens is 337 g/mol. The van der Waals surface area contributed by atoms with E-state index in [2.05, 4.69) is 10.4 Å². The van der Waals surface area contributed by atoms with Gasteiger partial charge in [0, 0.05) is 37.2 Å². The van der Waals surface area contributed by atoms with Crippen molar-refractivity contribution in [2.24, 2.45) is 13.0 Å². The molecule has 1 aromatic heterocycles. The summed E-state index contributed by atoms with van der Waals surface area (Å²) in [7, 11) is 1.80. The average molecular weight is 359 g/mol. The molecule has 1 aromatic carbocycles. The Balaban J connectivity index is 1.57. The van der Waals surface area contributed by atoms with Crippen molar-refractivity contribution in [2.75, 3.05) is 0 Å². The van der Waals surface area contributed by atoms with E-state index < -0.39 is 5.82 Å². The molecule has 138 valence electrons. The van der Waals surface area contributed by atoms with Crippen molar-refractivity contribution in [1.82, 2.24) is 15.1 Å². The molecule has 1 aliphatic rings. The van der Waals surface area contributed by atoms with Crippen LogP contribution in [0.4, 0.5) is 4.39 Å².